The van der Waals surface area contributed by atoms with E-state index in [4.69, 9.17) is 4.98 Å². The number of aromatic nitrogens is 1. The van der Waals surface area contributed by atoms with Gasteiger partial charge in [0.05, 0.1) is 12.2 Å². The largest absolute Gasteiger partial charge is 0.365 e. The number of hydrogen-bond donors (Lipinski definition) is 1. The third kappa shape index (κ3) is 3.02. The molecular weight excluding hydrogens is 266 g/mol. The number of anilines is 1. The first-order valence-corrected chi connectivity index (χ1v) is 8.10. The molecule has 1 aromatic heterocycles. The smallest absolute Gasteiger partial charge is 0.107 e. The highest BCUT2D eigenvalue weighted by Gasteiger charge is 2.19. The van der Waals surface area contributed by atoms with Gasteiger partial charge in [-0.3, -0.25) is 0 Å². The zero-order chi connectivity index (χ0) is 13.9. The summed E-state index contributed by atoms with van der Waals surface area (Å²) in [7, 11) is 0. The third-order valence-electron chi connectivity index (χ3n) is 3.60. The van der Waals surface area contributed by atoms with E-state index in [1.165, 1.54) is 22.0 Å². The van der Waals surface area contributed by atoms with Gasteiger partial charge in [-0.25, -0.2) is 4.98 Å². The molecule has 2 heterocycles. The number of fused-ring (bicyclic) bond motifs is 1. The van der Waals surface area contributed by atoms with Gasteiger partial charge in [0.2, 0.25) is 0 Å². The molecule has 1 aliphatic rings. The Kier molecular flexibility index (Phi) is 4.03. The quantitative estimate of drug-likeness (QED) is 0.915. The monoisotopic (exact) mass is 287 g/mol. The second-order valence-corrected chi connectivity index (χ2v) is 6.51. The van der Waals surface area contributed by atoms with Crippen molar-refractivity contribution in [3.8, 4) is 0 Å². The van der Waals surface area contributed by atoms with Crippen LogP contribution in [0.5, 0.6) is 0 Å². The third-order valence-corrected chi connectivity index (χ3v) is 4.49. The first kappa shape index (κ1) is 13.6. The first-order valence-electron chi connectivity index (χ1n) is 7.22. The maximum absolute atomic E-state index is 4.73. The zero-order valence-electron chi connectivity index (χ0n) is 12.1. The lowest BCUT2D eigenvalue weighted by Gasteiger charge is -2.17. The van der Waals surface area contributed by atoms with E-state index in [1.807, 2.05) is 0 Å². The first-order chi connectivity index (χ1) is 9.72. The number of nitrogens with zero attached hydrogens (tertiary/aromatic N) is 2. The molecule has 1 aromatic carbocycles. The molecule has 0 aliphatic carbocycles. The lowest BCUT2D eigenvalue weighted by Crippen LogP contribution is -2.22. The molecule has 0 amide bonds. The normalized spacial score (nSPS) is 14.1. The Bertz CT molecular complexity index is 577. The summed E-state index contributed by atoms with van der Waals surface area (Å²) in [6, 6.07) is 9.20. The molecule has 3 nitrogen and oxygen atoms in total. The highest BCUT2D eigenvalue weighted by molar-refractivity contribution is 7.09. The summed E-state index contributed by atoms with van der Waals surface area (Å²) in [6.07, 6.45) is 1.15. The van der Waals surface area contributed by atoms with Crippen LogP contribution in [0, 0.1) is 0 Å². The van der Waals surface area contributed by atoms with E-state index < -0.39 is 0 Å². The zero-order valence-corrected chi connectivity index (χ0v) is 12.9. The van der Waals surface area contributed by atoms with E-state index in [0.29, 0.717) is 6.04 Å². The summed E-state index contributed by atoms with van der Waals surface area (Å²) in [5, 5.41) is 6.79. The molecular formula is C16H21N3S. The molecule has 2 aromatic rings. The standard InChI is InChI=1S/C16H21N3S/c1-12(2)17-9-16-18-14(11-20-16)10-19-8-7-13-5-3-4-6-15(13)19/h3-6,11-12,17H,7-10H2,1-2H3. The summed E-state index contributed by atoms with van der Waals surface area (Å²) in [4.78, 5) is 7.17. The highest BCUT2D eigenvalue weighted by atomic mass is 32.1. The van der Waals surface area contributed by atoms with Crippen LogP contribution in [0.15, 0.2) is 29.6 Å². The molecule has 20 heavy (non-hydrogen) atoms. The van der Waals surface area contributed by atoms with Crippen molar-refractivity contribution in [2.45, 2.75) is 39.4 Å². The lowest BCUT2D eigenvalue weighted by molar-refractivity contribution is 0.586. The van der Waals surface area contributed by atoms with Crippen LogP contribution < -0.4 is 10.2 Å². The number of thiazole rings is 1. The maximum atomic E-state index is 4.73. The molecule has 106 valence electrons. The number of para-hydroxylation sites is 1. The Labute approximate surface area is 124 Å². The van der Waals surface area contributed by atoms with E-state index in [9.17, 15) is 0 Å². The van der Waals surface area contributed by atoms with Crippen LogP contribution in [-0.4, -0.2) is 17.6 Å². The van der Waals surface area contributed by atoms with Crippen LogP contribution in [0.1, 0.15) is 30.1 Å². The second kappa shape index (κ2) is 5.94. The Balaban J connectivity index is 1.64. The van der Waals surface area contributed by atoms with Crippen molar-refractivity contribution in [1.29, 1.82) is 0 Å². The van der Waals surface area contributed by atoms with Crippen molar-refractivity contribution in [2.75, 3.05) is 11.4 Å². The Morgan fingerprint density at radius 3 is 3.05 bits per heavy atom. The van der Waals surface area contributed by atoms with Gasteiger partial charge in [0.25, 0.3) is 0 Å². The van der Waals surface area contributed by atoms with Crippen LogP contribution in [0.4, 0.5) is 5.69 Å². The second-order valence-electron chi connectivity index (χ2n) is 5.57. The minimum Gasteiger partial charge on any atom is -0.365 e. The molecule has 0 atom stereocenters. The van der Waals surface area contributed by atoms with Crippen LogP contribution in [0.25, 0.3) is 0 Å². The van der Waals surface area contributed by atoms with Crippen molar-refractivity contribution in [2.24, 2.45) is 0 Å². The SMILES string of the molecule is CC(C)NCc1nc(CN2CCc3ccccc32)cs1. The molecule has 1 aliphatic heterocycles. The van der Waals surface area contributed by atoms with Crippen LogP contribution in [-0.2, 0) is 19.5 Å². The summed E-state index contributed by atoms with van der Waals surface area (Å²) in [5.41, 5.74) is 4.03. The van der Waals surface area contributed by atoms with E-state index in [0.717, 1.165) is 26.1 Å². The van der Waals surface area contributed by atoms with Gasteiger partial charge in [-0.1, -0.05) is 32.0 Å². The molecule has 0 spiro atoms. The van der Waals surface area contributed by atoms with Gasteiger partial charge in [-0.05, 0) is 18.1 Å². The average Bonchev–Trinajstić information content (AvgIpc) is 3.05. The molecule has 0 fully saturated rings. The maximum Gasteiger partial charge on any atom is 0.107 e. The summed E-state index contributed by atoms with van der Waals surface area (Å²) in [5.74, 6) is 0. The molecule has 0 unspecified atom stereocenters. The number of hydrogen-bond acceptors (Lipinski definition) is 4. The number of benzene rings is 1. The van der Waals surface area contributed by atoms with Crippen molar-refractivity contribution in [1.82, 2.24) is 10.3 Å². The van der Waals surface area contributed by atoms with Gasteiger partial charge in [0, 0.05) is 30.2 Å². The van der Waals surface area contributed by atoms with Crippen molar-refractivity contribution < 1.29 is 0 Å². The highest BCUT2D eigenvalue weighted by Crippen LogP contribution is 2.28. The summed E-state index contributed by atoms with van der Waals surface area (Å²) >= 11 is 1.76. The topological polar surface area (TPSA) is 28.2 Å². The molecule has 1 N–H and O–H groups in total. The van der Waals surface area contributed by atoms with Crippen LogP contribution >= 0.6 is 11.3 Å². The molecule has 0 bridgehead atoms. The van der Waals surface area contributed by atoms with Gasteiger partial charge in [-0.2, -0.15) is 0 Å². The van der Waals surface area contributed by atoms with Gasteiger partial charge in [0.1, 0.15) is 5.01 Å². The molecule has 3 rings (SSSR count). The predicted molar refractivity (Wildman–Crippen MR) is 85.3 cm³/mol. The predicted octanol–water partition coefficient (Wildman–Crippen LogP) is 3.20. The molecule has 0 saturated carbocycles. The molecule has 0 saturated heterocycles. The average molecular weight is 287 g/mol. The number of rotatable bonds is 5. The van der Waals surface area contributed by atoms with Gasteiger partial charge < -0.3 is 10.2 Å². The van der Waals surface area contributed by atoms with Gasteiger partial charge in [0.15, 0.2) is 0 Å². The van der Waals surface area contributed by atoms with E-state index in [2.05, 4.69) is 53.7 Å². The molecule has 4 heteroatoms. The van der Waals surface area contributed by atoms with Crippen LogP contribution in [0.3, 0.4) is 0 Å². The van der Waals surface area contributed by atoms with Crippen molar-refractivity contribution in [3.05, 3.63) is 45.9 Å². The Hall–Kier alpha value is -1.39. The van der Waals surface area contributed by atoms with E-state index in [1.54, 1.807) is 11.3 Å². The lowest BCUT2D eigenvalue weighted by atomic mass is 10.2. The van der Waals surface area contributed by atoms with Gasteiger partial charge in [-0.15, -0.1) is 11.3 Å². The van der Waals surface area contributed by atoms with Crippen molar-refractivity contribution >= 4 is 17.0 Å². The fraction of sp³-hybridized carbons (Fsp3) is 0.438. The minimum absolute atomic E-state index is 0.507. The fourth-order valence-electron chi connectivity index (χ4n) is 2.56. The number of nitrogens with one attached hydrogen (secondary N) is 1. The fourth-order valence-corrected chi connectivity index (χ4v) is 3.30. The Morgan fingerprint density at radius 2 is 2.20 bits per heavy atom. The van der Waals surface area contributed by atoms with E-state index in [-0.39, 0.29) is 0 Å². The Morgan fingerprint density at radius 1 is 1.35 bits per heavy atom. The molecule has 0 radical (unpaired) electrons. The van der Waals surface area contributed by atoms with Crippen molar-refractivity contribution in [3.63, 3.8) is 0 Å². The van der Waals surface area contributed by atoms with Gasteiger partial charge >= 0.3 is 0 Å². The van der Waals surface area contributed by atoms with Crippen LogP contribution in [0.2, 0.25) is 0 Å². The van der Waals surface area contributed by atoms with E-state index >= 15 is 0 Å². The summed E-state index contributed by atoms with van der Waals surface area (Å²) < 4.78 is 0. The minimum atomic E-state index is 0.507. The summed E-state index contributed by atoms with van der Waals surface area (Å²) in [6.45, 7) is 7.23.